The number of benzene rings is 1. The Balaban J connectivity index is 2.70. The Kier molecular flexibility index (Phi) is 14.0. The van der Waals surface area contributed by atoms with Crippen molar-refractivity contribution in [3.63, 3.8) is 0 Å². The maximum Gasteiger partial charge on any atom is 0.244 e. The number of ketones is 2. The van der Waals surface area contributed by atoms with Crippen LogP contribution in [-0.2, 0) is 14.4 Å². The maximum atomic E-state index is 13.1. The molecule has 2 atom stereocenters. The number of amidine groups is 1. The molecule has 2 amide bonds. The van der Waals surface area contributed by atoms with Crippen molar-refractivity contribution >= 4 is 29.2 Å². The zero-order valence-electron chi connectivity index (χ0n) is 22.0. The summed E-state index contributed by atoms with van der Waals surface area (Å²) in [5.41, 5.74) is 5.83. The molecular weight excluding hydrogens is 456 g/mol. The number of carbonyl (C=O) groups is 4. The predicted octanol–water partition coefficient (Wildman–Crippen LogP) is 3.80. The van der Waals surface area contributed by atoms with Gasteiger partial charge in [0.25, 0.3) is 0 Å². The van der Waals surface area contributed by atoms with Crippen LogP contribution in [0.5, 0.6) is 0 Å². The lowest BCUT2D eigenvalue weighted by Crippen LogP contribution is -2.45. The summed E-state index contributed by atoms with van der Waals surface area (Å²) < 4.78 is 0. The molecule has 1 aromatic rings. The first kappa shape index (κ1) is 30.7. The van der Waals surface area contributed by atoms with Crippen molar-refractivity contribution in [1.82, 2.24) is 10.6 Å². The topological polar surface area (TPSA) is 142 Å². The van der Waals surface area contributed by atoms with E-state index in [-0.39, 0.29) is 41.6 Å². The van der Waals surface area contributed by atoms with Crippen LogP contribution in [0.3, 0.4) is 0 Å². The van der Waals surface area contributed by atoms with Gasteiger partial charge < -0.3 is 16.4 Å². The lowest BCUT2D eigenvalue weighted by atomic mass is 9.87. The van der Waals surface area contributed by atoms with E-state index >= 15 is 0 Å². The molecule has 8 heteroatoms. The zero-order valence-corrected chi connectivity index (χ0v) is 22.0. The average molecular weight is 499 g/mol. The third kappa shape index (κ3) is 12.4. The Morgan fingerprint density at radius 2 is 1.64 bits per heavy atom. The van der Waals surface area contributed by atoms with Crippen LogP contribution in [0, 0.1) is 23.2 Å². The molecule has 0 saturated carbocycles. The third-order valence-electron chi connectivity index (χ3n) is 5.75. The van der Waals surface area contributed by atoms with Crippen molar-refractivity contribution in [2.75, 3.05) is 6.54 Å². The SMILES string of the molecule is CC(C)CC(CC(=O)C(NC(=O)/C=C/C(=O)c1ccccc1)C(C)C)C(=O)NCCCCCC(=N)N. The van der Waals surface area contributed by atoms with Gasteiger partial charge >= 0.3 is 0 Å². The number of rotatable bonds is 17. The quantitative estimate of drug-likeness (QED) is 0.0849. The summed E-state index contributed by atoms with van der Waals surface area (Å²) in [7, 11) is 0. The van der Waals surface area contributed by atoms with E-state index in [9.17, 15) is 19.2 Å². The van der Waals surface area contributed by atoms with E-state index in [0.717, 1.165) is 25.3 Å². The van der Waals surface area contributed by atoms with Gasteiger partial charge in [0, 0.05) is 36.9 Å². The largest absolute Gasteiger partial charge is 0.388 e. The van der Waals surface area contributed by atoms with Gasteiger partial charge in [-0.05, 0) is 37.2 Å². The van der Waals surface area contributed by atoms with Crippen LogP contribution >= 0.6 is 0 Å². The number of allylic oxidation sites excluding steroid dienone is 1. The first-order valence-electron chi connectivity index (χ1n) is 12.7. The fourth-order valence-electron chi connectivity index (χ4n) is 3.87. The maximum absolute atomic E-state index is 13.1. The molecule has 5 N–H and O–H groups in total. The summed E-state index contributed by atoms with van der Waals surface area (Å²) in [6.45, 7) is 8.18. The van der Waals surface area contributed by atoms with Crippen molar-refractivity contribution in [2.45, 2.75) is 72.3 Å². The molecule has 8 nitrogen and oxygen atoms in total. The molecular formula is C28H42N4O4. The minimum absolute atomic E-state index is 0.0319. The lowest BCUT2D eigenvalue weighted by molar-refractivity contribution is -0.132. The van der Waals surface area contributed by atoms with Gasteiger partial charge in [0.2, 0.25) is 11.8 Å². The van der Waals surface area contributed by atoms with Gasteiger partial charge in [-0.15, -0.1) is 0 Å². The first-order valence-corrected chi connectivity index (χ1v) is 12.7. The van der Waals surface area contributed by atoms with Crippen molar-refractivity contribution < 1.29 is 19.2 Å². The second kappa shape index (κ2) is 16.4. The molecule has 36 heavy (non-hydrogen) atoms. The zero-order chi connectivity index (χ0) is 27.1. The van der Waals surface area contributed by atoms with E-state index < -0.39 is 17.9 Å². The number of hydrogen-bond donors (Lipinski definition) is 4. The van der Waals surface area contributed by atoms with Crippen LogP contribution in [0.1, 0.15) is 76.6 Å². The van der Waals surface area contributed by atoms with E-state index in [1.807, 2.05) is 27.7 Å². The monoisotopic (exact) mass is 498 g/mol. The molecule has 198 valence electrons. The molecule has 0 spiro atoms. The summed E-state index contributed by atoms with van der Waals surface area (Å²) in [4.78, 5) is 50.6. The molecule has 0 saturated heterocycles. The number of nitrogens with two attached hydrogens (primary N) is 1. The summed E-state index contributed by atoms with van der Waals surface area (Å²) >= 11 is 0. The number of carbonyl (C=O) groups excluding carboxylic acids is 4. The van der Waals surface area contributed by atoms with Gasteiger partial charge in [-0.1, -0.05) is 64.4 Å². The Morgan fingerprint density at radius 1 is 0.972 bits per heavy atom. The van der Waals surface area contributed by atoms with Gasteiger partial charge in [0.15, 0.2) is 11.6 Å². The lowest BCUT2D eigenvalue weighted by Gasteiger charge is -2.24. The highest BCUT2D eigenvalue weighted by atomic mass is 16.2. The van der Waals surface area contributed by atoms with Crippen LogP contribution in [0.4, 0.5) is 0 Å². The molecule has 0 aliphatic carbocycles. The van der Waals surface area contributed by atoms with Crippen molar-refractivity contribution in [3.8, 4) is 0 Å². The van der Waals surface area contributed by atoms with Crippen molar-refractivity contribution in [2.24, 2.45) is 23.5 Å². The average Bonchev–Trinajstić information content (AvgIpc) is 2.82. The highest BCUT2D eigenvalue weighted by Crippen LogP contribution is 2.19. The van der Waals surface area contributed by atoms with Gasteiger partial charge in [-0.25, -0.2) is 0 Å². The van der Waals surface area contributed by atoms with Crippen molar-refractivity contribution in [1.29, 1.82) is 5.41 Å². The van der Waals surface area contributed by atoms with Crippen LogP contribution in [-0.4, -0.2) is 41.8 Å². The standard InChI is InChI=1S/C28H42N4O4/c1-19(2)17-22(28(36)31-16-10-6-9-13-25(29)30)18-24(34)27(20(3)4)32-26(35)15-14-23(33)21-11-7-5-8-12-21/h5,7-8,11-12,14-15,19-20,22,27H,6,9-10,13,16-18H2,1-4H3,(H3,29,30)(H,31,36)(H,32,35)/b15-14+. The summed E-state index contributed by atoms with van der Waals surface area (Å²) in [5, 5.41) is 12.9. The van der Waals surface area contributed by atoms with Crippen LogP contribution in [0.15, 0.2) is 42.5 Å². The molecule has 2 unspecified atom stereocenters. The number of unbranched alkanes of at least 4 members (excludes halogenated alkanes) is 2. The number of amides is 2. The molecule has 0 fully saturated rings. The number of nitrogens with one attached hydrogen (secondary N) is 3. The third-order valence-corrected chi connectivity index (χ3v) is 5.75. The van der Waals surface area contributed by atoms with Crippen LogP contribution in [0.2, 0.25) is 0 Å². The second-order valence-electron chi connectivity index (χ2n) is 9.92. The molecule has 0 heterocycles. The smallest absolute Gasteiger partial charge is 0.244 e. The highest BCUT2D eigenvalue weighted by molar-refractivity contribution is 6.08. The van der Waals surface area contributed by atoms with E-state index in [1.54, 1.807) is 30.3 Å². The van der Waals surface area contributed by atoms with E-state index in [0.29, 0.717) is 24.9 Å². The Hall–Kier alpha value is -3.29. The minimum atomic E-state index is -0.761. The van der Waals surface area contributed by atoms with Gasteiger partial charge in [-0.3, -0.25) is 24.6 Å². The van der Waals surface area contributed by atoms with Crippen LogP contribution in [0.25, 0.3) is 0 Å². The fourth-order valence-corrected chi connectivity index (χ4v) is 3.87. The number of hydrogen-bond acceptors (Lipinski definition) is 5. The molecule has 0 bridgehead atoms. The normalized spacial score (nSPS) is 12.9. The summed E-state index contributed by atoms with van der Waals surface area (Å²) in [6, 6.07) is 7.85. The first-order chi connectivity index (χ1) is 17.0. The Bertz CT molecular complexity index is 909. The second-order valence-corrected chi connectivity index (χ2v) is 9.92. The highest BCUT2D eigenvalue weighted by Gasteiger charge is 2.29. The summed E-state index contributed by atoms with van der Waals surface area (Å²) in [5.74, 6) is -1.46. The van der Waals surface area contributed by atoms with Gasteiger partial charge in [0.1, 0.15) is 0 Å². The van der Waals surface area contributed by atoms with E-state index in [2.05, 4.69) is 10.6 Å². The molecule has 0 aromatic heterocycles. The number of Topliss-reactive ketones (excluding diaryl/α,β-unsaturated/α-hetero) is 1. The van der Waals surface area contributed by atoms with Gasteiger partial charge in [0.05, 0.1) is 11.9 Å². The van der Waals surface area contributed by atoms with E-state index in [4.69, 9.17) is 11.1 Å². The molecule has 0 radical (unpaired) electrons. The Labute approximate surface area is 215 Å². The van der Waals surface area contributed by atoms with Crippen molar-refractivity contribution in [3.05, 3.63) is 48.0 Å². The summed E-state index contributed by atoms with van der Waals surface area (Å²) in [6.07, 6.45) is 5.92. The van der Waals surface area contributed by atoms with E-state index in [1.165, 1.54) is 6.08 Å². The fraction of sp³-hybridized carbons (Fsp3) is 0.536. The minimum Gasteiger partial charge on any atom is -0.388 e. The Morgan fingerprint density at radius 3 is 2.22 bits per heavy atom. The predicted molar refractivity (Wildman–Crippen MR) is 143 cm³/mol. The molecule has 1 aromatic carbocycles. The van der Waals surface area contributed by atoms with Crippen LogP contribution < -0.4 is 16.4 Å². The van der Waals surface area contributed by atoms with Gasteiger partial charge in [-0.2, -0.15) is 0 Å². The molecule has 0 aliphatic rings. The molecule has 0 aliphatic heterocycles. The molecule has 1 rings (SSSR count).